The Kier molecular flexibility index (Phi) is 4.72. The molecule has 0 spiro atoms. The predicted molar refractivity (Wildman–Crippen MR) is 72.4 cm³/mol. The molecule has 0 radical (unpaired) electrons. The van der Waals surface area contributed by atoms with E-state index in [0.717, 1.165) is 30.4 Å². The van der Waals surface area contributed by atoms with Crippen molar-refractivity contribution in [2.45, 2.75) is 44.4 Å². The lowest BCUT2D eigenvalue weighted by molar-refractivity contribution is 0.0940. The monoisotopic (exact) mass is 282 g/mol. The molecular weight excluding hydrogens is 264 g/mol. The molecule has 16 heavy (non-hydrogen) atoms. The fourth-order valence-corrected chi connectivity index (χ4v) is 2.08. The summed E-state index contributed by atoms with van der Waals surface area (Å²) in [7, 11) is 0. The molecule has 88 valence electrons. The lowest BCUT2D eigenvalue weighted by atomic mass is 9.89. The van der Waals surface area contributed by atoms with Gasteiger partial charge in [0.1, 0.15) is 0 Å². The highest BCUT2D eigenvalue weighted by molar-refractivity contribution is 9.10. The van der Waals surface area contributed by atoms with Gasteiger partial charge in [-0.2, -0.15) is 0 Å². The van der Waals surface area contributed by atoms with Crippen LogP contribution in [0.15, 0.2) is 24.3 Å². The van der Waals surface area contributed by atoms with Gasteiger partial charge in [-0.15, -0.1) is 0 Å². The van der Waals surface area contributed by atoms with E-state index in [2.05, 4.69) is 22.9 Å². The van der Waals surface area contributed by atoms with Crippen LogP contribution in [0.3, 0.4) is 0 Å². The van der Waals surface area contributed by atoms with Crippen LogP contribution >= 0.6 is 15.9 Å². The molecule has 2 heteroatoms. The molecule has 0 bridgehead atoms. The molecule has 0 heterocycles. The predicted octanol–water partition coefficient (Wildman–Crippen LogP) is 4.39. The average Bonchev–Trinajstić information content (AvgIpc) is 2.36. The van der Waals surface area contributed by atoms with Crippen LogP contribution in [0.2, 0.25) is 0 Å². The summed E-state index contributed by atoms with van der Waals surface area (Å²) in [6.07, 6.45) is 2.54. The van der Waals surface area contributed by atoms with Crippen LogP contribution in [0, 0.1) is 0 Å². The van der Waals surface area contributed by atoms with E-state index in [4.69, 9.17) is 0 Å². The maximum absolute atomic E-state index is 12.5. The first-order valence-electron chi connectivity index (χ1n) is 5.90. The zero-order chi connectivity index (χ0) is 12.2. The van der Waals surface area contributed by atoms with E-state index < -0.39 is 4.32 Å². The van der Waals surface area contributed by atoms with Crippen LogP contribution < -0.4 is 0 Å². The minimum Gasteiger partial charge on any atom is -0.293 e. The van der Waals surface area contributed by atoms with E-state index in [-0.39, 0.29) is 5.78 Å². The number of halogens is 1. The number of Topliss-reactive ketones (excluding diaryl/α,β-unsaturated/α-hetero) is 1. The van der Waals surface area contributed by atoms with Crippen LogP contribution in [0.5, 0.6) is 0 Å². The van der Waals surface area contributed by atoms with Crippen molar-refractivity contribution in [3.63, 3.8) is 0 Å². The largest absolute Gasteiger partial charge is 0.293 e. The summed E-state index contributed by atoms with van der Waals surface area (Å²) in [6, 6.07) is 7.89. The number of carbonyl (C=O) groups excluding carboxylic acids is 1. The number of benzene rings is 1. The fourth-order valence-electron chi connectivity index (χ4n) is 1.86. The Balaban J connectivity index is 3.13. The highest BCUT2D eigenvalue weighted by atomic mass is 79.9. The van der Waals surface area contributed by atoms with E-state index in [1.807, 2.05) is 38.1 Å². The van der Waals surface area contributed by atoms with E-state index >= 15 is 0 Å². The molecule has 0 fully saturated rings. The minimum absolute atomic E-state index is 0.218. The normalized spacial score (nSPS) is 11.5. The Morgan fingerprint density at radius 1 is 1.19 bits per heavy atom. The maximum Gasteiger partial charge on any atom is 0.179 e. The van der Waals surface area contributed by atoms with Crippen molar-refractivity contribution < 1.29 is 4.79 Å². The molecule has 0 aliphatic carbocycles. The van der Waals surface area contributed by atoms with Gasteiger partial charge in [0.15, 0.2) is 5.78 Å². The van der Waals surface area contributed by atoms with Gasteiger partial charge in [-0.3, -0.25) is 4.79 Å². The van der Waals surface area contributed by atoms with Crippen LogP contribution in [-0.2, 0) is 6.42 Å². The van der Waals surface area contributed by atoms with Gasteiger partial charge in [-0.1, -0.05) is 61.0 Å². The molecule has 1 aromatic carbocycles. The Labute approximate surface area is 106 Å². The van der Waals surface area contributed by atoms with E-state index in [1.165, 1.54) is 0 Å². The van der Waals surface area contributed by atoms with E-state index in [0.29, 0.717) is 0 Å². The van der Waals surface area contributed by atoms with Crippen molar-refractivity contribution in [2.75, 3.05) is 0 Å². The number of aryl methyl sites for hydroxylation is 1. The Bertz CT molecular complexity index is 367. The second-order valence-corrected chi connectivity index (χ2v) is 5.53. The lowest BCUT2D eigenvalue weighted by Crippen LogP contribution is -2.31. The quantitative estimate of drug-likeness (QED) is 0.578. The zero-order valence-electron chi connectivity index (χ0n) is 10.2. The molecule has 1 nitrogen and oxygen atoms in total. The van der Waals surface area contributed by atoms with Gasteiger partial charge in [-0.25, -0.2) is 0 Å². The third-order valence-corrected chi connectivity index (χ3v) is 4.65. The van der Waals surface area contributed by atoms with Gasteiger partial charge in [0, 0.05) is 5.56 Å². The standard InChI is InChI=1S/C14H19BrO/c1-4-11-9-7-8-10-12(11)13(16)14(15,5-2)6-3/h7-10H,4-6H2,1-3H3. The van der Waals surface area contributed by atoms with Gasteiger partial charge in [0.05, 0.1) is 4.32 Å². The first-order chi connectivity index (χ1) is 7.59. The van der Waals surface area contributed by atoms with Gasteiger partial charge in [0.25, 0.3) is 0 Å². The number of ketones is 1. The van der Waals surface area contributed by atoms with Crippen LogP contribution in [0.4, 0.5) is 0 Å². The van der Waals surface area contributed by atoms with Crippen molar-refractivity contribution in [3.05, 3.63) is 35.4 Å². The molecule has 0 saturated carbocycles. The second-order valence-electron chi connectivity index (χ2n) is 4.01. The molecule has 0 amide bonds. The van der Waals surface area contributed by atoms with Crippen LogP contribution in [0.25, 0.3) is 0 Å². The Hall–Kier alpha value is -0.630. The topological polar surface area (TPSA) is 17.1 Å². The Morgan fingerprint density at radius 2 is 1.75 bits per heavy atom. The van der Waals surface area contributed by atoms with E-state index in [9.17, 15) is 4.79 Å². The molecule has 1 aromatic rings. The summed E-state index contributed by atoms with van der Waals surface area (Å²) in [5.41, 5.74) is 2.00. The zero-order valence-corrected chi connectivity index (χ0v) is 11.8. The lowest BCUT2D eigenvalue weighted by Gasteiger charge is -2.23. The van der Waals surface area contributed by atoms with Gasteiger partial charge < -0.3 is 0 Å². The molecule has 0 aromatic heterocycles. The third kappa shape index (κ3) is 2.54. The fraction of sp³-hybridized carbons (Fsp3) is 0.500. The van der Waals surface area contributed by atoms with Gasteiger partial charge in [0.2, 0.25) is 0 Å². The molecule has 0 atom stereocenters. The van der Waals surface area contributed by atoms with Crippen molar-refractivity contribution in [1.82, 2.24) is 0 Å². The molecule has 0 N–H and O–H groups in total. The van der Waals surface area contributed by atoms with Crippen LogP contribution in [-0.4, -0.2) is 10.1 Å². The second kappa shape index (κ2) is 5.62. The van der Waals surface area contributed by atoms with Crippen molar-refractivity contribution >= 4 is 21.7 Å². The highest BCUT2D eigenvalue weighted by Gasteiger charge is 2.33. The van der Waals surface area contributed by atoms with Gasteiger partial charge in [-0.05, 0) is 24.8 Å². The average molecular weight is 283 g/mol. The number of rotatable bonds is 5. The number of hydrogen-bond donors (Lipinski definition) is 0. The Morgan fingerprint density at radius 3 is 2.25 bits per heavy atom. The van der Waals surface area contributed by atoms with Gasteiger partial charge >= 0.3 is 0 Å². The summed E-state index contributed by atoms with van der Waals surface area (Å²) in [5, 5.41) is 0. The summed E-state index contributed by atoms with van der Waals surface area (Å²) in [4.78, 5) is 12.5. The maximum atomic E-state index is 12.5. The van der Waals surface area contributed by atoms with E-state index in [1.54, 1.807) is 0 Å². The number of alkyl halides is 1. The van der Waals surface area contributed by atoms with Crippen molar-refractivity contribution in [1.29, 1.82) is 0 Å². The first-order valence-corrected chi connectivity index (χ1v) is 6.70. The highest BCUT2D eigenvalue weighted by Crippen LogP contribution is 2.31. The SMILES string of the molecule is CCc1ccccc1C(=O)C(Br)(CC)CC. The summed E-state index contributed by atoms with van der Waals surface area (Å²) >= 11 is 3.60. The number of carbonyl (C=O) groups is 1. The molecular formula is C14H19BrO. The molecule has 0 unspecified atom stereocenters. The smallest absolute Gasteiger partial charge is 0.179 e. The molecule has 0 aliphatic rings. The van der Waals surface area contributed by atoms with Crippen molar-refractivity contribution in [3.8, 4) is 0 Å². The van der Waals surface area contributed by atoms with Crippen LogP contribution in [0.1, 0.15) is 49.5 Å². The minimum atomic E-state index is -0.391. The molecule has 0 saturated heterocycles. The first kappa shape index (κ1) is 13.4. The molecule has 1 rings (SSSR count). The number of hydrogen-bond acceptors (Lipinski definition) is 1. The third-order valence-electron chi connectivity index (χ3n) is 3.17. The summed E-state index contributed by atoms with van der Waals surface area (Å²) in [6.45, 7) is 6.18. The summed E-state index contributed by atoms with van der Waals surface area (Å²) < 4.78 is -0.391. The molecule has 0 aliphatic heterocycles. The summed E-state index contributed by atoms with van der Waals surface area (Å²) in [5.74, 6) is 0.218. The van der Waals surface area contributed by atoms with Crippen molar-refractivity contribution in [2.24, 2.45) is 0 Å².